The highest BCUT2D eigenvalue weighted by atomic mass is 32.2. The van der Waals surface area contributed by atoms with Gasteiger partial charge in [-0.1, -0.05) is 24.6 Å². The average molecular weight is 194 g/mol. The number of rotatable bonds is 4. The van der Waals surface area contributed by atoms with Crippen LogP contribution in [0.15, 0.2) is 29.2 Å². The van der Waals surface area contributed by atoms with Gasteiger partial charge < -0.3 is 4.79 Å². The quantitative estimate of drug-likeness (QED) is 0.541. The molecule has 0 radical (unpaired) electrons. The molecule has 0 heterocycles. The van der Waals surface area contributed by atoms with Gasteiger partial charge in [0.05, 0.1) is 5.25 Å². The molecule has 70 valence electrons. The monoisotopic (exact) mass is 194 g/mol. The number of aryl methyl sites for hydroxylation is 1. The van der Waals surface area contributed by atoms with Crippen LogP contribution in [-0.2, 0) is 4.79 Å². The highest BCUT2D eigenvalue weighted by Crippen LogP contribution is 2.23. The minimum Gasteiger partial charge on any atom is -0.302 e. The normalized spacial score (nSPS) is 12.5. The van der Waals surface area contributed by atoms with Crippen molar-refractivity contribution in [2.45, 2.75) is 30.4 Å². The lowest BCUT2D eigenvalue weighted by Gasteiger charge is -2.06. The van der Waals surface area contributed by atoms with Gasteiger partial charge in [-0.25, -0.2) is 0 Å². The first kappa shape index (κ1) is 10.3. The lowest BCUT2D eigenvalue weighted by molar-refractivity contribution is -0.107. The zero-order valence-corrected chi connectivity index (χ0v) is 8.80. The maximum atomic E-state index is 10.6. The van der Waals surface area contributed by atoms with Crippen LogP contribution in [0, 0.1) is 6.92 Å². The molecule has 1 unspecified atom stereocenters. The van der Waals surface area contributed by atoms with Crippen molar-refractivity contribution in [1.82, 2.24) is 0 Å². The van der Waals surface area contributed by atoms with Crippen LogP contribution in [0.2, 0.25) is 0 Å². The molecule has 0 N–H and O–H groups in total. The number of carbonyl (C=O) groups excluding carboxylic acids is 1. The van der Waals surface area contributed by atoms with E-state index in [1.165, 1.54) is 10.5 Å². The molecule has 1 atom stereocenters. The summed E-state index contributed by atoms with van der Waals surface area (Å²) in [6.07, 6.45) is 1.91. The number of benzene rings is 1. The number of hydrogen-bond acceptors (Lipinski definition) is 2. The first-order chi connectivity index (χ1) is 6.26. The highest BCUT2D eigenvalue weighted by molar-refractivity contribution is 8.00. The molecule has 1 aromatic rings. The van der Waals surface area contributed by atoms with E-state index in [-0.39, 0.29) is 5.25 Å². The molecule has 1 rings (SSSR count). The Labute approximate surface area is 83.5 Å². The van der Waals surface area contributed by atoms with E-state index in [4.69, 9.17) is 0 Å². The third kappa shape index (κ3) is 3.23. The zero-order chi connectivity index (χ0) is 9.68. The molecule has 0 saturated carbocycles. The standard InChI is InChI=1S/C11H14OS/c1-3-10(8-12)13-11-6-4-9(2)5-7-11/h4-8,10H,3H2,1-2H3. The van der Waals surface area contributed by atoms with E-state index in [9.17, 15) is 4.79 Å². The molecule has 0 aliphatic rings. The van der Waals surface area contributed by atoms with Crippen LogP contribution in [0.5, 0.6) is 0 Å². The lowest BCUT2D eigenvalue weighted by Crippen LogP contribution is -2.00. The smallest absolute Gasteiger partial charge is 0.133 e. The Balaban J connectivity index is 2.63. The molecular weight excluding hydrogens is 180 g/mol. The summed E-state index contributed by atoms with van der Waals surface area (Å²) < 4.78 is 0. The number of aldehydes is 1. The van der Waals surface area contributed by atoms with E-state index >= 15 is 0 Å². The van der Waals surface area contributed by atoms with Crippen molar-refractivity contribution in [2.24, 2.45) is 0 Å². The maximum absolute atomic E-state index is 10.6. The Morgan fingerprint density at radius 2 is 2.00 bits per heavy atom. The molecule has 1 aromatic carbocycles. The van der Waals surface area contributed by atoms with Crippen molar-refractivity contribution in [1.29, 1.82) is 0 Å². The highest BCUT2D eigenvalue weighted by Gasteiger charge is 2.05. The van der Waals surface area contributed by atoms with Gasteiger partial charge in [-0.05, 0) is 25.5 Å². The summed E-state index contributed by atoms with van der Waals surface area (Å²) in [6.45, 7) is 4.09. The second-order valence-corrected chi connectivity index (χ2v) is 4.33. The summed E-state index contributed by atoms with van der Waals surface area (Å²) in [5.41, 5.74) is 1.25. The van der Waals surface area contributed by atoms with E-state index in [0.29, 0.717) is 0 Å². The number of thioether (sulfide) groups is 1. The summed E-state index contributed by atoms with van der Waals surface area (Å²) in [7, 11) is 0. The molecule has 0 amide bonds. The molecule has 0 aliphatic heterocycles. The second kappa shape index (κ2) is 5.07. The summed E-state index contributed by atoms with van der Waals surface area (Å²) in [6, 6.07) is 8.26. The number of hydrogen-bond donors (Lipinski definition) is 0. The van der Waals surface area contributed by atoms with Crippen LogP contribution in [-0.4, -0.2) is 11.5 Å². The Kier molecular flexibility index (Phi) is 4.03. The van der Waals surface area contributed by atoms with E-state index in [2.05, 4.69) is 31.2 Å². The minimum atomic E-state index is 0.0997. The lowest BCUT2D eigenvalue weighted by atomic mass is 10.2. The Hall–Kier alpha value is -0.760. The third-order valence-corrected chi connectivity index (χ3v) is 3.15. The first-order valence-electron chi connectivity index (χ1n) is 4.45. The molecule has 2 heteroatoms. The van der Waals surface area contributed by atoms with Gasteiger partial charge in [0.15, 0.2) is 0 Å². The first-order valence-corrected chi connectivity index (χ1v) is 5.33. The molecule has 0 aromatic heterocycles. The largest absolute Gasteiger partial charge is 0.302 e. The second-order valence-electron chi connectivity index (χ2n) is 3.01. The molecule has 0 fully saturated rings. The van der Waals surface area contributed by atoms with Gasteiger partial charge in [-0.15, -0.1) is 11.8 Å². The van der Waals surface area contributed by atoms with Gasteiger partial charge in [0.25, 0.3) is 0 Å². The molecule has 0 aliphatic carbocycles. The van der Waals surface area contributed by atoms with Gasteiger partial charge >= 0.3 is 0 Å². The molecular formula is C11H14OS. The van der Waals surface area contributed by atoms with E-state index in [1.807, 2.05) is 6.92 Å². The maximum Gasteiger partial charge on any atom is 0.133 e. The molecule has 1 nitrogen and oxygen atoms in total. The summed E-state index contributed by atoms with van der Waals surface area (Å²) >= 11 is 1.63. The summed E-state index contributed by atoms with van der Waals surface area (Å²) in [5, 5.41) is 0.0997. The zero-order valence-electron chi connectivity index (χ0n) is 7.99. The van der Waals surface area contributed by atoms with Crippen molar-refractivity contribution in [3.63, 3.8) is 0 Å². The van der Waals surface area contributed by atoms with Gasteiger partial charge in [-0.3, -0.25) is 0 Å². The fraction of sp³-hybridized carbons (Fsp3) is 0.364. The summed E-state index contributed by atoms with van der Waals surface area (Å²) in [4.78, 5) is 11.8. The fourth-order valence-corrected chi connectivity index (χ4v) is 1.86. The average Bonchev–Trinajstić information content (AvgIpc) is 2.17. The van der Waals surface area contributed by atoms with E-state index in [1.54, 1.807) is 11.8 Å². The van der Waals surface area contributed by atoms with Crippen LogP contribution >= 0.6 is 11.8 Å². The molecule has 0 spiro atoms. The van der Waals surface area contributed by atoms with Crippen molar-refractivity contribution in [3.8, 4) is 0 Å². The van der Waals surface area contributed by atoms with Gasteiger partial charge in [0.2, 0.25) is 0 Å². The Bertz CT molecular complexity index is 266. The topological polar surface area (TPSA) is 17.1 Å². The van der Waals surface area contributed by atoms with E-state index in [0.717, 1.165) is 12.7 Å². The van der Waals surface area contributed by atoms with Crippen LogP contribution in [0.3, 0.4) is 0 Å². The Morgan fingerprint density at radius 3 is 2.46 bits per heavy atom. The van der Waals surface area contributed by atoms with Crippen LogP contribution in [0.25, 0.3) is 0 Å². The van der Waals surface area contributed by atoms with Crippen molar-refractivity contribution in [2.75, 3.05) is 0 Å². The van der Waals surface area contributed by atoms with Crippen LogP contribution < -0.4 is 0 Å². The Morgan fingerprint density at radius 1 is 1.38 bits per heavy atom. The van der Waals surface area contributed by atoms with Crippen LogP contribution in [0.1, 0.15) is 18.9 Å². The van der Waals surface area contributed by atoms with Crippen molar-refractivity contribution >= 4 is 18.0 Å². The van der Waals surface area contributed by atoms with Gasteiger partial charge in [0.1, 0.15) is 6.29 Å². The van der Waals surface area contributed by atoms with E-state index < -0.39 is 0 Å². The minimum absolute atomic E-state index is 0.0997. The SMILES string of the molecule is CCC(C=O)Sc1ccc(C)cc1. The third-order valence-electron chi connectivity index (χ3n) is 1.86. The predicted octanol–water partition coefficient (Wildman–Crippen LogP) is 3.06. The van der Waals surface area contributed by atoms with Crippen molar-refractivity contribution in [3.05, 3.63) is 29.8 Å². The molecule has 13 heavy (non-hydrogen) atoms. The van der Waals surface area contributed by atoms with Crippen LogP contribution in [0.4, 0.5) is 0 Å². The molecule has 0 bridgehead atoms. The fourth-order valence-electron chi connectivity index (χ4n) is 0.999. The summed E-state index contributed by atoms with van der Waals surface area (Å²) in [5.74, 6) is 0. The molecule has 0 saturated heterocycles. The van der Waals surface area contributed by atoms with Crippen molar-refractivity contribution < 1.29 is 4.79 Å². The number of carbonyl (C=O) groups is 1. The van der Waals surface area contributed by atoms with Gasteiger partial charge in [0, 0.05) is 4.90 Å². The predicted molar refractivity (Wildman–Crippen MR) is 57.2 cm³/mol. The van der Waals surface area contributed by atoms with Gasteiger partial charge in [-0.2, -0.15) is 0 Å².